The van der Waals surface area contributed by atoms with Crippen LogP contribution in [0.1, 0.15) is 47.0 Å². The number of hydrogen-bond donors (Lipinski definition) is 13. The summed E-state index contributed by atoms with van der Waals surface area (Å²) >= 11 is 0. The van der Waals surface area contributed by atoms with E-state index < -0.39 is 134 Å². The molecule has 22 heteroatoms. The summed E-state index contributed by atoms with van der Waals surface area (Å²) < 4.78 is 0. The molecule has 0 unspecified atom stereocenters. The normalized spacial score (nSPS) is 16.4. The molecule has 0 saturated carbocycles. The third-order valence-electron chi connectivity index (χ3n) is 6.97. The molecule has 0 rings (SSSR count). The number of nitrogens with two attached hydrogens (primary N) is 2. The fourth-order valence-corrected chi connectivity index (χ4v) is 3.86. The highest BCUT2D eigenvalue weighted by molar-refractivity contribution is 5.98. The summed E-state index contributed by atoms with van der Waals surface area (Å²) in [5.41, 5.74) is 10.6. The van der Waals surface area contributed by atoms with Crippen molar-refractivity contribution in [1.82, 2.24) is 31.9 Å². The van der Waals surface area contributed by atoms with Crippen LogP contribution in [0.3, 0.4) is 0 Å². The van der Waals surface area contributed by atoms with Gasteiger partial charge in [-0.3, -0.25) is 38.4 Å². The number of rotatable bonds is 22. The molecule has 0 aromatic carbocycles. The zero-order valence-electron chi connectivity index (χ0n) is 27.3. The van der Waals surface area contributed by atoms with Gasteiger partial charge in [0.25, 0.3) is 0 Å². The van der Waals surface area contributed by atoms with E-state index in [-0.39, 0.29) is 0 Å². The molecule has 0 radical (unpaired) electrons. The predicted octanol–water partition coefficient (Wildman–Crippen LogP) is -6.91. The molecular weight excluding hydrogens is 660 g/mol. The van der Waals surface area contributed by atoms with E-state index in [0.717, 1.165) is 6.92 Å². The first-order valence-corrected chi connectivity index (χ1v) is 14.9. The van der Waals surface area contributed by atoms with Crippen molar-refractivity contribution >= 4 is 53.3 Å². The molecule has 0 heterocycles. The van der Waals surface area contributed by atoms with Gasteiger partial charge in [-0.15, -0.1) is 0 Å². The zero-order chi connectivity index (χ0) is 38.2. The Bertz CT molecular complexity index is 1230. The molecule has 0 aromatic heterocycles. The number of amides is 7. The fraction of sp³-hybridized carbons (Fsp3) is 0.667. The summed E-state index contributed by atoms with van der Waals surface area (Å²) in [4.78, 5) is 110. The summed E-state index contributed by atoms with van der Waals surface area (Å²) in [5.74, 6) is -11.5. The van der Waals surface area contributed by atoms with E-state index in [1.807, 2.05) is 10.6 Å². The van der Waals surface area contributed by atoms with Gasteiger partial charge in [0.05, 0.1) is 38.2 Å². The summed E-state index contributed by atoms with van der Waals surface area (Å²) in [5, 5.41) is 59.9. The molecule has 0 saturated heterocycles. The number of carboxylic acid groups (broad SMARTS) is 2. The smallest absolute Gasteiger partial charge is 0.328 e. The summed E-state index contributed by atoms with van der Waals surface area (Å²) in [6.07, 6.45) is -4.61. The number of aliphatic hydroxyl groups is 3. The van der Waals surface area contributed by atoms with Crippen LogP contribution in [-0.2, 0) is 43.2 Å². The molecule has 0 spiro atoms. The number of aliphatic carboxylic acids is 2. The van der Waals surface area contributed by atoms with Gasteiger partial charge in [0.1, 0.15) is 36.3 Å². The lowest BCUT2D eigenvalue weighted by Gasteiger charge is -2.26. The van der Waals surface area contributed by atoms with Gasteiger partial charge in [0.2, 0.25) is 41.4 Å². The Kier molecular flexibility index (Phi) is 19.0. The Balaban J connectivity index is 5.77. The number of nitrogens with one attached hydrogen (secondary N) is 6. The number of primary amides is 1. The Morgan fingerprint density at radius 2 is 1.16 bits per heavy atom. The molecule has 7 amide bonds. The monoisotopic (exact) mass is 706 g/mol. The van der Waals surface area contributed by atoms with Crippen LogP contribution in [0.15, 0.2) is 0 Å². The van der Waals surface area contributed by atoms with Gasteiger partial charge < -0.3 is 68.9 Å². The highest BCUT2D eigenvalue weighted by Gasteiger charge is 2.35. The van der Waals surface area contributed by atoms with E-state index in [9.17, 15) is 63.6 Å². The van der Waals surface area contributed by atoms with Crippen molar-refractivity contribution in [3.8, 4) is 0 Å². The van der Waals surface area contributed by atoms with E-state index in [4.69, 9.17) is 16.6 Å². The third kappa shape index (κ3) is 15.7. The van der Waals surface area contributed by atoms with Crippen molar-refractivity contribution < 1.29 is 68.7 Å². The van der Waals surface area contributed by atoms with Crippen molar-refractivity contribution in [2.75, 3.05) is 13.2 Å². The van der Waals surface area contributed by atoms with Crippen molar-refractivity contribution in [2.45, 2.75) is 95.4 Å². The third-order valence-corrected chi connectivity index (χ3v) is 6.97. The first-order valence-electron chi connectivity index (χ1n) is 14.9. The maximum Gasteiger partial charge on any atom is 0.328 e. The van der Waals surface area contributed by atoms with Crippen molar-refractivity contribution in [3.05, 3.63) is 0 Å². The molecule has 0 bridgehead atoms. The second kappa shape index (κ2) is 21.1. The SMILES string of the molecule is CC[C@H](C)[C@H](NC(=O)CNC(=O)[C@@H](NC(=O)[C@H](CC(=O)O)NC(=O)[C@H](CC(N)=O)NC(=O)[C@@H](N)[C@@H](C)O)[C@@H](C)O)C(=O)N[C@@H](CO)C(=O)O. The van der Waals surface area contributed by atoms with Crippen LogP contribution in [0, 0.1) is 5.92 Å². The maximum atomic E-state index is 13.0. The van der Waals surface area contributed by atoms with E-state index in [2.05, 4.69) is 21.3 Å². The average Bonchev–Trinajstić information content (AvgIpc) is 3.00. The van der Waals surface area contributed by atoms with Gasteiger partial charge in [0, 0.05) is 0 Å². The highest BCUT2D eigenvalue weighted by Crippen LogP contribution is 2.09. The minimum absolute atomic E-state index is 0.344. The van der Waals surface area contributed by atoms with Gasteiger partial charge >= 0.3 is 11.9 Å². The summed E-state index contributed by atoms with van der Waals surface area (Å²) in [6, 6.07) is -10.0. The highest BCUT2D eigenvalue weighted by atomic mass is 16.4. The fourth-order valence-electron chi connectivity index (χ4n) is 3.86. The van der Waals surface area contributed by atoms with Crippen molar-refractivity contribution in [3.63, 3.8) is 0 Å². The Morgan fingerprint density at radius 1 is 0.653 bits per heavy atom. The van der Waals surface area contributed by atoms with E-state index >= 15 is 0 Å². The van der Waals surface area contributed by atoms with Gasteiger partial charge in [-0.2, -0.15) is 0 Å². The average molecular weight is 707 g/mol. The van der Waals surface area contributed by atoms with Crippen molar-refractivity contribution in [1.29, 1.82) is 0 Å². The van der Waals surface area contributed by atoms with Crippen LogP contribution in [0.25, 0.3) is 0 Å². The molecular formula is C27H46N8O14. The molecule has 49 heavy (non-hydrogen) atoms. The molecule has 0 fully saturated rings. The van der Waals surface area contributed by atoms with Crippen LogP contribution in [-0.4, -0.2) is 140 Å². The van der Waals surface area contributed by atoms with Gasteiger partial charge in [-0.05, 0) is 19.8 Å². The predicted molar refractivity (Wildman–Crippen MR) is 164 cm³/mol. The number of hydrogen-bond acceptors (Lipinski definition) is 13. The van der Waals surface area contributed by atoms with Crippen molar-refractivity contribution in [2.24, 2.45) is 17.4 Å². The molecule has 22 nitrogen and oxygen atoms in total. The summed E-state index contributed by atoms with van der Waals surface area (Å²) in [6.45, 7) is 3.73. The lowest BCUT2D eigenvalue weighted by atomic mass is 9.98. The molecule has 15 N–H and O–H groups in total. The molecule has 0 aromatic rings. The van der Waals surface area contributed by atoms with Gasteiger partial charge in [0.15, 0.2) is 0 Å². The minimum atomic E-state index is -1.96. The maximum absolute atomic E-state index is 13.0. The van der Waals surface area contributed by atoms with Gasteiger partial charge in [-0.1, -0.05) is 20.3 Å². The quantitative estimate of drug-likeness (QED) is 0.0497. The number of carbonyl (C=O) groups excluding carboxylic acids is 7. The van der Waals surface area contributed by atoms with E-state index in [1.54, 1.807) is 13.8 Å². The molecule has 0 aliphatic rings. The number of aliphatic hydroxyl groups excluding tert-OH is 3. The second-order valence-corrected chi connectivity index (χ2v) is 11.1. The van der Waals surface area contributed by atoms with E-state index in [1.165, 1.54) is 6.92 Å². The lowest BCUT2D eigenvalue weighted by molar-refractivity contribution is -0.143. The topological polar surface area (TPSA) is 379 Å². The summed E-state index contributed by atoms with van der Waals surface area (Å²) in [7, 11) is 0. The van der Waals surface area contributed by atoms with Gasteiger partial charge in [-0.25, -0.2) is 4.79 Å². The van der Waals surface area contributed by atoms with Crippen LogP contribution >= 0.6 is 0 Å². The number of carbonyl (C=O) groups is 9. The standard InChI is InChI=1S/C27H46N8O14/c1-5-10(2)20(26(47)33-15(9-36)27(48)49)34-17(40)8-30-25(46)21(12(4)38)35-23(44)14(7-18(41)42)31-22(43)13(6-16(28)39)32-24(45)19(29)11(3)37/h10-15,19-21,36-38H,5-9,29H2,1-4H3,(H2,28,39)(H,30,46)(H,31,43)(H,32,45)(H,33,47)(H,34,40)(H,35,44)(H,41,42)(H,48,49)/t10-,11+,12+,13-,14-,15-,19-,20-,21-/m0/s1. The van der Waals surface area contributed by atoms with Crippen LogP contribution in [0.2, 0.25) is 0 Å². The second-order valence-electron chi connectivity index (χ2n) is 11.1. The Hall–Kier alpha value is -4.93. The van der Waals surface area contributed by atoms with Crippen LogP contribution < -0.4 is 43.4 Å². The first kappa shape index (κ1) is 44.1. The Morgan fingerprint density at radius 3 is 1.61 bits per heavy atom. The molecule has 9 atom stereocenters. The largest absolute Gasteiger partial charge is 0.481 e. The van der Waals surface area contributed by atoms with E-state index in [0.29, 0.717) is 6.42 Å². The van der Waals surface area contributed by atoms with Crippen LogP contribution in [0.5, 0.6) is 0 Å². The first-order chi connectivity index (χ1) is 22.7. The number of carboxylic acids is 2. The molecule has 0 aliphatic heterocycles. The lowest BCUT2D eigenvalue weighted by Crippen LogP contribution is -2.61. The Labute approximate surface area is 280 Å². The zero-order valence-corrected chi connectivity index (χ0v) is 27.3. The minimum Gasteiger partial charge on any atom is -0.481 e. The molecule has 278 valence electrons. The van der Waals surface area contributed by atoms with Crippen LogP contribution in [0.4, 0.5) is 0 Å². The molecule has 0 aliphatic carbocycles.